The van der Waals surface area contributed by atoms with Crippen molar-refractivity contribution in [1.29, 1.82) is 0 Å². The van der Waals surface area contributed by atoms with Gasteiger partial charge < -0.3 is 25.0 Å². The minimum atomic E-state index is 0.206. The van der Waals surface area contributed by atoms with Crippen LogP contribution in [0.1, 0.15) is 25.3 Å². The van der Waals surface area contributed by atoms with Crippen molar-refractivity contribution in [3.05, 3.63) is 54.1 Å². The van der Waals surface area contributed by atoms with E-state index >= 15 is 0 Å². The largest absolute Gasteiger partial charge is 0.493 e. The molecule has 160 valence electrons. The van der Waals surface area contributed by atoms with Crippen LogP contribution in [0.3, 0.4) is 0 Å². The van der Waals surface area contributed by atoms with E-state index in [0.717, 1.165) is 36.8 Å². The Kier molecular flexibility index (Phi) is 7.54. The van der Waals surface area contributed by atoms with Gasteiger partial charge in [-0.2, -0.15) is 0 Å². The second-order valence-electron chi connectivity index (χ2n) is 7.15. The lowest BCUT2D eigenvalue weighted by molar-refractivity contribution is -0.129. The zero-order valence-electron chi connectivity index (χ0n) is 17.9. The van der Waals surface area contributed by atoms with Crippen molar-refractivity contribution in [2.24, 2.45) is 4.99 Å². The van der Waals surface area contributed by atoms with Crippen LogP contribution >= 0.6 is 0 Å². The number of methoxy groups -OCH3 is 1. The van der Waals surface area contributed by atoms with Crippen LogP contribution in [-0.4, -0.2) is 50.1 Å². The minimum absolute atomic E-state index is 0.206. The number of hydrogen-bond donors (Lipinski definition) is 2. The molecule has 0 radical (unpaired) electrons. The molecule has 2 aromatic rings. The van der Waals surface area contributed by atoms with E-state index in [0.29, 0.717) is 24.5 Å². The van der Waals surface area contributed by atoms with Crippen molar-refractivity contribution in [2.45, 2.75) is 32.4 Å². The molecule has 0 aromatic heterocycles. The molecule has 0 aliphatic carbocycles. The number of likely N-dealkylation sites (tertiary alicyclic amines) is 1. The molecular weight excluding hydrogens is 380 g/mol. The molecular formula is C23H30N4O3. The van der Waals surface area contributed by atoms with E-state index in [2.05, 4.69) is 15.6 Å². The predicted octanol–water partition coefficient (Wildman–Crippen LogP) is 3.16. The third kappa shape index (κ3) is 5.65. The van der Waals surface area contributed by atoms with Crippen LogP contribution in [0.2, 0.25) is 0 Å². The lowest BCUT2D eigenvalue weighted by atomic mass is 10.2. The number of aliphatic imine (C=N–C) groups is 1. The molecule has 2 aromatic carbocycles. The third-order valence-corrected chi connectivity index (χ3v) is 5.09. The summed E-state index contributed by atoms with van der Waals surface area (Å²) in [7, 11) is 3.38. The molecule has 7 heteroatoms. The fraction of sp³-hybridized carbons (Fsp3) is 0.391. The molecule has 1 saturated heterocycles. The first-order valence-electron chi connectivity index (χ1n) is 10.3. The SMILES string of the molecule is CCC(=O)N1CCC(NC(=NC)NCc2ccc(Oc3ccccc3OC)cc2)C1. The van der Waals surface area contributed by atoms with Crippen molar-refractivity contribution < 1.29 is 14.3 Å². The number of guanidine groups is 1. The number of rotatable bonds is 7. The molecule has 7 nitrogen and oxygen atoms in total. The number of nitrogens with one attached hydrogen (secondary N) is 2. The van der Waals surface area contributed by atoms with Crippen molar-refractivity contribution in [1.82, 2.24) is 15.5 Å². The van der Waals surface area contributed by atoms with Gasteiger partial charge in [0.05, 0.1) is 7.11 Å². The van der Waals surface area contributed by atoms with E-state index in [1.54, 1.807) is 14.2 Å². The van der Waals surface area contributed by atoms with Gasteiger partial charge in [0.25, 0.3) is 0 Å². The average molecular weight is 411 g/mol. The van der Waals surface area contributed by atoms with Crippen LogP contribution in [-0.2, 0) is 11.3 Å². The summed E-state index contributed by atoms with van der Waals surface area (Å²) < 4.78 is 11.2. The maximum Gasteiger partial charge on any atom is 0.222 e. The van der Waals surface area contributed by atoms with Crippen LogP contribution in [0.5, 0.6) is 17.2 Å². The highest BCUT2D eigenvalue weighted by atomic mass is 16.5. The Morgan fingerprint density at radius 3 is 2.57 bits per heavy atom. The molecule has 1 aliphatic heterocycles. The maximum absolute atomic E-state index is 11.8. The Morgan fingerprint density at radius 1 is 1.17 bits per heavy atom. The Labute approximate surface area is 178 Å². The summed E-state index contributed by atoms with van der Waals surface area (Å²) in [5.74, 6) is 3.07. The Hall–Kier alpha value is -3.22. The van der Waals surface area contributed by atoms with E-state index in [9.17, 15) is 4.79 Å². The summed E-state index contributed by atoms with van der Waals surface area (Å²) in [4.78, 5) is 18.0. The molecule has 0 saturated carbocycles. The molecule has 1 fully saturated rings. The summed E-state index contributed by atoms with van der Waals surface area (Å²) in [5, 5.41) is 6.74. The van der Waals surface area contributed by atoms with Crippen molar-refractivity contribution in [3.8, 4) is 17.2 Å². The first-order valence-corrected chi connectivity index (χ1v) is 10.3. The second kappa shape index (κ2) is 10.5. The van der Waals surface area contributed by atoms with Gasteiger partial charge in [0.15, 0.2) is 17.5 Å². The minimum Gasteiger partial charge on any atom is -0.493 e. The number of amides is 1. The number of nitrogens with zero attached hydrogens (tertiary/aromatic N) is 2. The van der Waals surface area contributed by atoms with Crippen LogP contribution < -0.4 is 20.1 Å². The van der Waals surface area contributed by atoms with Gasteiger partial charge in [-0.05, 0) is 36.2 Å². The number of hydrogen-bond acceptors (Lipinski definition) is 4. The van der Waals surface area contributed by atoms with Gasteiger partial charge in [-0.15, -0.1) is 0 Å². The van der Waals surface area contributed by atoms with Crippen LogP contribution in [0, 0.1) is 0 Å². The Balaban J connectivity index is 1.50. The van der Waals surface area contributed by atoms with Gasteiger partial charge in [0.2, 0.25) is 5.91 Å². The smallest absolute Gasteiger partial charge is 0.222 e. The number of benzene rings is 2. The third-order valence-electron chi connectivity index (χ3n) is 5.09. The fourth-order valence-electron chi connectivity index (χ4n) is 3.41. The number of ether oxygens (including phenoxy) is 2. The lowest BCUT2D eigenvalue weighted by Crippen LogP contribution is -2.44. The summed E-state index contributed by atoms with van der Waals surface area (Å²) in [5.41, 5.74) is 1.11. The van der Waals surface area contributed by atoms with Gasteiger partial charge in [0, 0.05) is 39.1 Å². The second-order valence-corrected chi connectivity index (χ2v) is 7.15. The highest BCUT2D eigenvalue weighted by molar-refractivity contribution is 5.80. The first kappa shape index (κ1) is 21.5. The van der Waals surface area contributed by atoms with Gasteiger partial charge in [-0.3, -0.25) is 9.79 Å². The first-order chi connectivity index (χ1) is 14.6. The van der Waals surface area contributed by atoms with Crippen molar-refractivity contribution in [3.63, 3.8) is 0 Å². The normalized spacial score (nSPS) is 16.3. The summed E-state index contributed by atoms with van der Waals surface area (Å²) in [6.45, 7) is 4.06. The quantitative estimate of drug-likeness (QED) is 0.542. The molecule has 1 heterocycles. The number of carbonyl (C=O) groups excluding carboxylic acids is 1. The standard InChI is InChI=1S/C23H30N4O3/c1-4-22(28)27-14-13-18(16-27)26-23(24-2)25-15-17-9-11-19(12-10-17)30-21-8-6-5-7-20(21)29-3/h5-12,18H,4,13-16H2,1-3H3,(H2,24,25,26). The highest BCUT2D eigenvalue weighted by Gasteiger charge is 2.25. The zero-order valence-corrected chi connectivity index (χ0v) is 17.9. The van der Waals surface area contributed by atoms with Crippen LogP contribution in [0.4, 0.5) is 0 Å². The predicted molar refractivity (Wildman–Crippen MR) is 118 cm³/mol. The average Bonchev–Trinajstić information content (AvgIpc) is 3.26. The maximum atomic E-state index is 11.8. The molecule has 3 rings (SSSR count). The molecule has 1 amide bonds. The monoisotopic (exact) mass is 410 g/mol. The number of carbonyl (C=O) groups is 1. The van der Waals surface area contributed by atoms with Gasteiger partial charge in [0.1, 0.15) is 5.75 Å². The molecule has 1 atom stereocenters. The van der Waals surface area contributed by atoms with Crippen LogP contribution in [0.15, 0.2) is 53.5 Å². The van der Waals surface area contributed by atoms with Gasteiger partial charge in [-0.1, -0.05) is 31.2 Å². The van der Waals surface area contributed by atoms with E-state index < -0.39 is 0 Å². The fourth-order valence-corrected chi connectivity index (χ4v) is 3.41. The van der Waals surface area contributed by atoms with Crippen LogP contribution in [0.25, 0.3) is 0 Å². The lowest BCUT2D eigenvalue weighted by Gasteiger charge is -2.19. The molecule has 0 bridgehead atoms. The molecule has 1 unspecified atom stereocenters. The summed E-state index contributed by atoms with van der Waals surface area (Å²) in [6.07, 6.45) is 1.48. The van der Waals surface area contributed by atoms with E-state index in [-0.39, 0.29) is 11.9 Å². The Morgan fingerprint density at radius 2 is 1.90 bits per heavy atom. The zero-order chi connectivity index (χ0) is 21.3. The van der Waals surface area contributed by atoms with Crippen molar-refractivity contribution >= 4 is 11.9 Å². The van der Waals surface area contributed by atoms with E-state index in [1.165, 1.54) is 0 Å². The van der Waals surface area contributed by atoms with E-state index in [1.807, 2.05) is 60.4 Å². The summed E-state index contributed by atoms with van der Waals surface area (Å²) >= 11 is 0. The Bertz CT molecular complexity index is 867. The molecule has 30 heavy (non-hydrogen) atoms. The molecule has 2 N–H and O–H groups in total. The topological polar surface area (TPSA) is 75.2 Å². The number of para-hydroxylation sites is 2. The summed E-state index contributed by atoms with van der Waals surface area (Å²) in [6, 6.07) is 15.7. The molecule has 0 spiro atoms. The van der Waals surface area contributed by atoms with E-state index in [4.69, 9.17) is 9.47 Å². The van der Waals surface area contributed by atoms with Gasteiger partial charge in [-0.25, -0.2) is 0 Å². The molecule has 1 aliphatic rings. The van der Waals surface area contributed by atoms with Gasteiger partial charge >= 0.3 is 0 Å². The van der Waals surface area contributed by atoms with Crippen molar-refractivity contribution in [2.75, 3.05) is 27.2 Å². The highest BCUT2D eigenvalue weighted by Crippen LogP contribution is 2.30.